The standard InChI is InChI=1S/C15H18N2O3S/c1-9-8-15(2,3)16-14(21)17(9)11-6-5-10(13(18)19)7-12(11)20-4/h5-8H,1-4H3,(H,16,21)(H,18,19). The molecule has 0 fully saturated rings. The number of anilines is 1. The van der Waals surface area contributed by atoms with Gasteiger partial charge in [-0.1, -0.05) is 0 Å². The normalized spacial score (nSPS) is 17.0. The summed E-state index contributed by atoms with van der Waals surface area (Å²) in [6, 6.07) is 4.73. The molecule has 1 heterocycles. The molecule has 0 aromatic heterocycles. The van der Waals surface area contributed by atoms with Crippen LogP contribution in [0.1, 0.15) is 31.1 Å². The molecule has 0 aliphatic carbocycles. The van der Waals surface area contributed by atoms with Crippen LogP contribution in [-0.4, -0.2) is 28.8 Å². The van der Waals surface area contributed by atoms with Crippen LogP contribution >= 0.6 is 12.2 Å². The number of hydrogen-bond acceptors (Lipinski definition) is 3. The van der Waals surface area contributed by atoms with Gasteiger partial charge < -0.3 is 15.2 Å². The molecule has 0 amide bonds. The first-order valence-electron chi connectivity index (χ1n) is 6.48. The minimum Gasteiger partial charge on any atom is -0.495 e. The molecule has 0 unspecified atom stereocenters. The average Bonchev–Trinajstić information content (AvgIpc) is 2.36. The SMILES string of the molecule is COc1cc(C(=O)O)ccc1N1C(=S)NC(C)(C)C=C1C. The van der Waals surface area contributed by atoms with Crippen LogP contribution in [0.4, 0.5) is 5.69 Å². The minimum atomic E-state index is -0.993. The highest BCUT2D eigenvalue weighted by molar-refractivity contribution is 7.80. The number of benzene rings is 1. The average molecular weight is 306 g/mol. The summed E-state index contributed by atoms with van der Waals surface area (Å²) >= 11 is 5.43. The van der Waals surface area contributed by atoms with Crippen LogP contribution in [0.3, 0.4) is 0 Å². The Morgan fingerprint density at radius 3 is 2.62 bits per heavy atom. The summed E-state index contributed by atoms with van der Waals surface area (Å²) in [5.74, 6) is -0.529. The maximum atomic E-state index is 11.1. The molecule has 1 aromatic rings. The summed E-state index contributed by atoms with van der Waals surface area (Å²) in [7, 11) is 1.51. The molecule has 1 aromatic carbocycles. The van der Waals surface area contributed by atoms with Crippen molar-refractivity contribution in [2.45, 2.75) is 26.3 Å². The summed E-state index contributed by atoms with van der Waals surface area (Å²) < 4.78 is 5.32. The van der Waals surface area contributed by atoms with E-state index in [4.69, 9.17) is 22.1 Å². The number of nitrogens with zero attached hydrogens (tertiary/aromatic N) is 1. The summed E-state index contributed by atoms with van der Waals surface area (Å²) in [4.78, 5) is 12.9. The van der Waals surface area contributed by atoms with Crippen LogP contribution < -0.4 is 15.0 Å². The summed E-state index contributed by atoms with van der Waals surface area (Å²) in [6.07, 6.45) is 2.06. The molecule has 0 saturated carbocycles. The van der Waals surface area contributed by atoms with E-state index in [1.54, 1.807) is 6.07 Å². The number of carboxylic acid groups (broad SMARTS) is 1. The quantitative estimate of drug-likeness (QED) is 0.837. The zero-order valence-electron chi connectivity index (χ0n) is 12.4. The number of carbonyl (C=O) groups is 1. The van der Waals surface area contributed by atoms with Crippen molar-refractivity contribution >= 4 is 29.0 Å². The number of allylic oxidation sites excluding steroid dienone is 1. The van der Waals surface area contributed by atoms with Crippen LogP contribution in [-0.2, 0) is 0 Å². The first-order chi connectivity index (χ1) is 9.75. The third kappa shape index (κ3) is 3.00. The van der Waals surface area contributed by atoms with Gasteiger partial charge >= 0.3 is 5.97 Å². The van der Waals surface area contributed by atoms with Crippen molar-refractivity contribution in [1.29, 1.82) is 0 Å². The Bertz CT molecular complexity index is 638. The van der Waals surface area contributed by atoms with E-state index < -0.39 is 5.97 Å². The van der Waals surface area contributed by atoms with Gasteiger partial charge in [0.25, 0.3) is 0 Å². The predicted octanol–water partition coefficient (Wildman–Crippen LogP) is 2.77. The minimum absolute atomic E-state index is 0.174. The van der Waals surface area contributed by atoms with E-state index in [1.165, 1.54) is 19.2 Å². The molecule has 6 heteroatoms. The molecule has 2 N–H and O–H groups in total. The van der Waals surface area contributed by atoms with Gasteiger partial charge in [-0.3, -0.25) is 4.90 Å². The monoisotopic (exact) mass is 306 g/mol. The van der Waals surface area contributed by atoms with Gasteiger partial charge in [-0.05, 0) is 57.3 Å². The van der Waals surface area contributed by atoms with E-state index in [2.05, 4.69) is 11.4 Å². The fraction of sp³-hybridized carbons (Fsp3) is 0.333. The van der Waals surface area contributed by atoms with Gasteiger partial charge in [-0.15, -0.1) is 0 Å². The lowest BCUT2D eigenvalue weighted by Crippen LogP contribution is -2.53. The van der Waals surface area contributed by atoms with E-state index in [1.807, 2.05) is 25.7 Å². The Morgan fingerprint density at radius 2 is 2.10 bits per heavy atom. The summed E-state index contributed by atoms with van der Waals surface area (Å²) in [5.41, 5.74) is 1.63. The highest BCUT2D eigenvalue weighted by Crippen LogP contribution is 2.34. The van der Waals surface area contributed by atoms with Crippen LogP contribution in [0.2, 0.25) is 0 Å². The number of hydrogen-bond donors (Lipinski definition) is 2. The number of rotatable bonds is 3. The van der Waals surface area contributed by atoms with E-state index in [-0.39, 0.29) is 11.1 Å². The first-order valence-corrected chi connectivity index (χ1v) is 6.89. The van der Waals surface area contributed by atoms with Crippen molar-refractivity contribution in [3.63, 3.8) is 0 Å². The smallest absolute Gasteiger partial charge is 0.335 e. The van der Waals surface area contributed by atoms with Gasteiger partial charge in [-0.25, -0.2) is 4.79 Å². The maximum absolute atomic E-state index is 11.1. The summed E-state index contributed by atoms with van der Waals surface area (Å²) in [6.45, 7) is 6.02. The molecule has 112 valence electrons. The van der Waals surface area contributed by atoms with Crippen molar-refractivity contribution < 1.29 is 14.6 Å². The molecule has 0 atom stereocenters. The number of nitrogens with one attached hydrogen (secondary N) is 1. The Balaban J connectivity index is 2.51. The number of ether oxygens (including phenoxy) is 1. The van der Waals surface area contributed by atoms with Crippen LogP contribution in [0, 0.1) is 0 Å². The third-order valence-corrected chi connectivity index (χ3v) is 3.51. The molecular formula is C15H18N2O3S. The van der Waals surface area contributed by atoms with E-state index >= 15 is 0 Å². The molecule has 5 nitrogen and oxygen atoms in total. The fourth-order valence-electron chi connectivity index (χ4n) is 2.41. The molecule has 0 spiro atoms. The van der Waals surface area contributed by atoms with Crippen molar-refractivity contribution in [1.82, 2.24) is 5.32 Å². The highest BCUT2D eigenvalue weighted by Gasteiger charge is 2.29. The molecular weight excluding hydrogens is 288 g/mol. The second-order valence-corrected chi connectivity index (χ2v) is 5.85. The van der Waals surface area contributed by atoms with Gasteiger partial charge in [0.15, 0.2) is 5.11 Å². The second-order valence-electron chi connectivity index (χ2n) is 5.46. The molecule has 2 rings (SSSR count). The maximum Gasteiger partial charge on any atom is 0.335 e. The highest BCUT2D eigenvalue weighted by atomic mass is 32.1. The lowest BCUT2D eigenvalue weighted by molar-refractivity contribution is 0.0696. The number of carboxylic acids is 1. The van der Waals surface area contributed by atoms with E-state index in [0.29, 0.717) is 16.5 Å². The van der Waals surface area contributed by atoms with Gasteiger partial charge in [-0.2, -0.15) is 0 Å². The Morgan fingerprint density at radius 1 is 1.43 bits per heavy atom. The van der Waals surface area contributed by atoms with Crippen molar-refractivity contribution in [2.75, 3.05) is 12.0 Å². The fourth-order valence-corrected chi connectivity index (χ4v) is 2.91. The molecule has 21 heavy (non-hydrogen) atoms. The second kappa shape index (κ2) is 5.37. The van der Waals surface area contributed by atoms with Crippen molar-refractivity contribution in [2.24, 2.45) is 0 Å². The number of thiocarbonyl (C=S) groups is 1. The Hall–Kier alpha value is -2.08. The van der Waals surface area contributed by atoms with Crippen LogP contribution in [0.25, 0.3) is 0 Å². The largest absolute Gasteiger partial charge is 0.495 e. The topological polar surface area (TPSA) is 61.8 Å². The zero-order valence-corrected chi connectivity index (χ0v) is 13.2. The molecule has 0 radical (unpaired) electrons. The molecule has 0 bridgehead atoms. The molecule has 1 aliphatic rings. The van der Waals surface area contributed by atoms with Crippen molar-refractivity contribution in [3.8, 4) is 5.75 Å². The Kier molecular flexibility index (Phi) is 3.91. The zero-order chi connectivity index (χ0) is 15.8. The van der Waals surface area contributed by atoms with Crippen LogP contribution in [0.15, 0.2) is 30.0 Å². The first kappa shape index (κ1) is 15.3. The van der Waals surface area contributed by atoms with E-state index in [9.17, 15) is 4.79 Å². The summed E-state index contributed by atoms with van der Waals surface area (Å²) in [5, 5.41) is 12.8. The van der Waals surface area contributed by atoms with Crippen LogP contribution in [0.5, 0.6) is 5.75 Å². The van der Waals surface area contributed by atoms with Gasteiger partial charge in [0.1, 0.15) is 5.75 Å². The molecule has 0 saturated heterocycles. The van der Waals surface area contributed by atoms with Crippen molar-refractivity contribution in [3.05, 3.63) is 35.5 Å². The predicted molar refractivity (Wildman–Crippen MR) is 86.0 cm³/mol. The van der Waals surface area contributed by atoms with Gasteiger partial charge in [0.05, 0.1) is 23.9 Å². The number of methoxy groups -OCH3 is 1. The van der Waals surface area contributed by atoms with E-state index in [0.717, 1.165) is 5.70 Å². The third-order valence-electron chi connectivity index (χ3n) is 3.22. The Labute approximate surface area is 129 Å². The van der Waals surface area contributed by atoms with Gasteiger partial charge in [0, 0.05) is 5.70 Å². The van der Waals surface area contributed by atoms with Gasteiger partial charge in [0.2, 0.25) is 0 Å². The lowest BCUT2D eigenvalue weighted by Gasteiger charge is -2.38. The number of aromatic carboxylic acids is 1. The lowest BCUT2D eigenvalue weighted by atomic mass is 10.0. The molecule has 1 aliphatic heterocycles.